The van der Waals surface area contributed by atoms with Crippen molar-refractivity contribution in [3.8, 4) is 5.75 Å². The minimum absolute atomic E-state index is 0.0443. The largest absolute Gasteiger partial charge is 0.508 e. The SMILES string of the molecule is CSc1ccc(NC(=O)Cc2sc3cc(O)ccc3c2C(N)=O)cc1. The van der Waals surface area contributed by atoms with Crippen molar-refractivity contribution in [3.63, 3.8) is 0 Å². The fraction of sp³-hybridized carbons (Fsp3) is 0.111. The van der Waals surface area contributed by atoms with Crippen molar-refractivity contribution in [2.75, 3.05) is 11.6 Å². The molecular formula is C18H16N2O3S2. The van der Waals surface area contributed by atoms with Crippen LogP contribution in [0.15, 0.2) is 47.4 Å². The van der Waals surface area contributed by atoms with Crippen LogP contribution in [-0.4, -0.2) is 23.2 Å². The van der Waals surface area contributed by atoms with Crippen molar-refractivity contribution < 1.29 is 14.7 Å². The number of anilines is 1. The van der Waals surface area contributed by atoms with E-state index in [-0.39, 0.29) is 18.1 Å². The number of benzene rings is 2. The Balaban J connectivity index is 1.84. The second-order valence-electron chi connectivity index (χ2n) is 5.40. The number of thiophene rings is 1. The average Bonchev–Trinajstić information content (AvgIpc) is 2.92. The number of rotatable bonds is 5. The zero-order chi connectivity index (χ0) is 18.0. The third-order valence-corrected chi connectivity index (χ3v) is 5.58. The van der Waals surface area contributed by atoms with E-state index in [2.05, 4.69) is 5.32 Å². The molecule has 0 radical (unpaired) electrons. The van der Waals surface area contributed by atoms with Crippen LogP contribution in [0.2, 0.25) is 0 Å². The summed E-state index contributed by atoms with van der Waals surface area (Å²) < 4.78 is 0.723. The van der Waals surface area contributed by atoms with E-state index < -0.39 is 5.91 Å². The number of carbonyl (C=O) groups excluding carboxylic acids is 2. The van der Waals surface area contributed by atoms with E-state index in [9.17, 15) is 14.7 Å². The number of amides is 2. The predicted molar refractivity (Wildman–Crippen MR) is 103 cm³/mol. The molecule has 0 atom stereocenters. The predicted octanol–water partition coefficient (Wildman–Crippen LogP) is 3.61. The Morgan fingerprint density at radius 3 is 2.56 bits per heavy atom. The van der Waals surface area contributed by atoms with Crippen LogP contribution in [0.1, 0.15) is 15.2 Å². The van der Waals surface area contributed by atoms with E-state index in [1.165, 1.54) is 17.4 Å². The second-order valence-corrected chi connectivity index (χ2v) is 7.41. The molecule has 0 aliphatic carbocycles. The van der Waals surface area contributed by atoms with Crippen LogP contribution in [-0.2, 0) is 11.2 Å². The minimum atomic E-state index is -0.580. The summed E-state index contributed by atoms with van der Waals surface area (Å²) in [6.45, 7) is 0. The summed E-state index contributed by atoms with van der Waals surface area (Å²) >= 11 is 2.91. The number of phenols is 1. The average molecular weight is 372 g/mol. The summed E-state index contributed by atoms with van der Waals surface area (Å²) in [6, 6.07) is 12.2. The quantitative estimate of drug-likeness (QED) is 0.597. The molecule has 25 heavy (non-hydrogen) atoms. The van der Waals surface area contributed by atoms with Crippen molar-refractivity contribution in [1.82, 2.24) is 0 Å². The first-order valence-electron chi connectivity index (χ1n) is 7.46. The van der Waals surface area contributed by atoms with Crippen molar-refractivity contribution in [1.29, 1.82) is 0 Å². The molecule has 0 spiro atoms. The molecule has 3 rings (SSSR count). The van der Waals surface area contributed by atoms with Crippen LogP contribution in [0.3, 0.4) is 0 Å². The molecule has 0 saturated carbocycles. The number of fused-ring (bicyclic) bond motifs is 1. The Hall–Kier alpha value is -2.51. The lowest BCUT2D eigenvalue weighted by molar-refractivity contribution is -0.115. The number of thioether (sulfide) groups is 1. The highest BCUT2D eigenvalue weighted by molar-refractivity contribution is 7.98. The number of nitrogens with two attached hydrogens (primary N) is 1. The van der Waals surface area contributed by atoms with Gasteiger partial charge in [0.15, 0.2) is 0 Å². The zero-order valence-corrected chi connectivity index (χ0v) is 15.0. The fourth-order valence-electron chi connectivity index (χ4n) is 2.56. The van der Waals surface area contributed by atoms with Crippen molar-refractivity contribution in [2.45, 2.75) is 11.3 Å². The number of hydrogen-bond acceptors (Lipinski definition) is 5. The van der Waals surface area contributed by atoms with Gasteiger partial charge in [0.05, 0.1) is 12.0 Å². The van der Waals surface area contributed by atoms with E-state index in [0.717, 1.165) is 9.60 Å². The van der Waals surface area contributed by atoms with E-state index in [1.807, 2.05) is 30.5 Å². The third-order valence-electron chi connectivity index (χ3n) is 3.69. The molecule has 0 fully saturated rings. The van der Waals surface area contributed by atoms with Crippen LogP contribution in [0.25, 0.3) is 10.1 Å². The first kappa shape index (κ1) is 17.3. The van der Waals surface area contributed by atoms with E-state index in [0.29, 0.717) is 21.5 Å². The number of carbonyl (C=O) groups is 2. The van der Waals surface area contributed by atoms with Crippen LogP contribution >= 0.6 is 23.1 Å². The summed E-state index contributed by atoms with van der Waals surface area (Å²) in [5.74, 6) is -0.700. The fourth-order valence-corrected chi connectivity index (χ4v) is 4.21. The Kier molecular flexibility index (Phi) is 4.96. The molecule has 128 valence electrons. The summed E-state index contributed by atoms with van der Waals surface area (Å²) in [7, 11) is 0. The standard InChI is InChI=1S/C18H16N2O3S2/c1-24-12-5-2-10(3-6-12)20-16(22)9-15-17(18(19)23)13-7-4-11(21)8-14(13)25-15/h2-8,21H,9H2,1H3,(H2,19,23)(H,20,22). The smallest absolute Gasteiger partial charge is 0.250 e. The molecule has 0 bridgehead atoms. The number of aromatic hydroxyl groups is 1. The molecule has 4 N–H and O–H groups in total. The van der Waals surface area contributed by atoms with Gasteiger partial charge in [0.25, 0.3) is 0 Å². The minimum Gasteiger partial charge on any atom is -0.508 e. The van der Waals surface area contributed by atoms with Gasteiger partial charge in [0.2, 0.25) is 11.8 Å². The Morgan fingerprint density at radius 2 is 1.92 bits per heavy atom. The van der Waals surface area contributed by atoms with Gasteiger partial charge in [0, 0.05) is 25.5 Å². The van der Waals surface area contributed by atoms with Gasteiger partial charge in [-0.3, -0.25) is 9.59 Å². The van der Waals surface area contributed by atoms with E-state index in [1.54, 1.807) is 23.9 Å². The molecular weight excluding hydrogens is 356 g/mol. The molecule has 1 heterocycles. The number of hydrogen-bond donors (Lipinski definition) is 3. The lowest BCUT2D eigenvalue weighted by atomic mass is 10.1. The van der Waals surface area contributed by atoms with Gasteiger partial charge in [-0.15, -0.1) is 23.1 Å². The van der Waals surface area contributed by atoms with Crippen molar-refractivity contribution >= 4 is 50.7 Å². The highest BCUT2D eigenvalue weighted by atomic mass is 32.2. The lowest BCUT2D eigenvalue weighted by Gasteiger charge is -2.06. The molecule has 1 aromatic heterocycles. The van der Waals surface area contributed by atoms with Gasteiger partial charge < -0.3 is 16.2 Å². The molecule has 7 heteroatoms. The maximum absolute atomic E-state index is 12.3. The number of phenolic OH excluding ortho intramolecular Hbond substituents is 1. The lowest BCUT2D eigenvalue weighted by Crippen LogP contribution is -2.17. The Labute approximate surface area is 152 Å². The summed E-state index contributed by atoms with van der Waals surface area (Å²) in [5.41, 5.74) is 6.53. The Morgan fingerprint density at radius 1 is 1.20 bits per heavy atom. The van der Waals surface area contributed by atoms with Gasteiger partial charge in [-0.2, -0.15) is 0 Å². The molecule has 0 saturated heterocycles. The van der Waals surface area contributed by atoms with E-state index in [4.69, 9.17) is 5.73 Å². The van der Waals surface area contributed by atoms with Gasteiger partial charge >= 0.3 is 0 Å². The molecule has 0 aliphatic rings. The highest BCUT2D eigenvalue weighted by Crippen LogP contribution is 2.34. The zero-order valence-electron chi connectivity index (χ0n) is 13.4. The molecule has 0 unspecified atom stereocenters. The van der Waals surface area contributed by atoms with Gasteiger partial charge in [0.1, 0.15) is 5.75 Å². The van der Waals surface area contributed by atoms with Gasteiger partial charge in [-0.1, -0.05) is 0 Å². The molecule has 2 amide bonds. The van der Waals surface area contributed by atoms with Gasteiger partial charge in [-0.05, 0) is 48.7 Å². The third kappa shape index (κ3) is 3.78. The maximum Gasteiger partial charge on any atom is 0.250 e. The second kappa shape index (κ2) is 7.16. The maximum atomic E-state index is 12.3. The van der Waals surface area contributed by atoms with E-state index >= 15 is 0 Å². The molecule has 5 nitrogen and oxygen atoms in total. The first-order valence-corrected chi connectivity index (χ1v) is 9.50. The first-order chi connectivity index (χ1) is 12.0. The summed E-state index contributed by atoms with van der Waals surface area (Å²) in [4.78, 5) is 25.9. The van der Waals surface area contributed by atoms with Crippen LogP contribution < -0.4 is 11.1 Å². The van der Waals surface area contributed by atoms with Crippen LogP contribution in [0, 0.1) is 0 Å². The summed E-state index contributed by atoms with van der Waals surface area (Å²) in [5, 5.41) is 13.1. The highest BCUT2D eigenvalue weighted by Gasteiger charge is 2.19. The molecule has 0 aliphatic heterocycles. The van der Waals surface area contributed by atoms with Crippen molar-refractivity contribution in [3.05, 3.63) is 52.9 Å². The molecule has 2 aromatic carbocycles. The topological polar surface area (TPSA) is 92.4 Å². The van der Waals surface area contributed by atoms with Crippen LogP contribution in [0.5, 0.6) is 5.75 Å². The van der Waals surface area contributed by atoms with Crippen molar-refractivity contribution in [2.24, 2.45) is 5.73 Å². The monoisotopic (exact) mass is 372 g/mol. The van der Waals surface area contributed by atoms with Crippen LogP contribution in [0.4, 0.5) is 5.69 Å². The number of primary amides is 1. The normalized spacial score (nSPS) is 10.8. The number of nitrogens with one attached hydrogen (secondary N) is 1. The van der Waals surface area contributed by atoms with Gasteiger partial charge in [-0.25, -0.2) is 0 Å². The Bertz CT molecular complexity index is 949. The summed E-state index contributed by atoms with van der Waals surface area (Å²) in [6.07, 6.45) is 2.03. The molecule has 3 aromatic rings.